The second-order valence-corrected chi connectivity index (χ2v) is 7.16. The van der Waals surface area contributed by atoms with Crippen LogP contribution in [-0.4, -0.2) is 42.8 Å². The van der Waals surface area contributed by atoms with Crippen molar-refractivity contribution in [2.75, 3.05) is 19.8 Å². The number of hydrogen-bond donors (Lipinski definition) is 2. The SMILES string of the molecule is O=C(NCC(C(=O)O)C1CCOCC1)c1cccc(OC2CCCC2)c1. The molecular formula is C20H27NO5. The van der Waals surface area contributed by atoms with Crippen LogP contribution in [-0.2, 0) is 9.53 Å². The number of nitrogens with one attached hydrogen (secondary N) is 1. The number of rotatable bonds is 7. The molecule has 2 fully saturated rings. The molecular weight excluding hydrogens is 334 g/mol. The molecule has 1 saturated carbocycles. The summed E-state index contributed by atoms with van der Waals surface area (Å²) in [6.45, 7) is 1.30. The molecule has 1 amide bonds. The molecule has 6 heteroatoms. The lowest BCUT2D eigenvalue weighted by Gasteiger charge is -2.27. The topological polar surface area (TPSA) is 84.9 Å². The minimum Gasteiger partial charge on any atom is -0.490 e. The van der Waals surface area contributed by atoms with Crippen molar-refractivity contribution in [3.63, 3.8) is 0 Å². The maximum absolute atomic E-state index is 12.5. The zero-order valence-electron chi connectivity index (χ0n) is 15.0. The van der Waals surface area contributed by atoms with Gasteiger partial charge in [-0.05, 0) is 62.6 Å². The van der Waals surface area contributed by atoms with Crippen LogP contribution in [0.4, 0.5) is 0 Å². The van der Waals surface area contributed by atoms with E-state index < -0.39 is 11.9 Å². The van der Waals surface area contributed by atoms with Crippen LogP contribution in [0.15, 0.2) is 24.3 Å². The van der Waals surface area contributed by atoms with E-state index in [-0.39, 0.29) is 24.5 Å². The first kappa shape index (κ1) is 18.7. The van der Waals surface area contributed by atoms with Gasteiger partial charge in [0.25, 0.3) is 5.91 Å². The molecule has 1 aromatic carbocycles. The summed E-state index contributed by atoms with van der Waals surface area (Å²) in [7, 11) is 0. The van der Waals surface area contributed by atoms with Crippen molar-refractivity contribution in [1.29, 1.82) is 0 Å². The summed E-state index contributed by atoms with van der Waals surface area (Å²) in [4.78, 5) is 24.0. The van der Waals surface area contributed by atoms with Gasteiger partial charge in [0.2, 0.25) is 0 Å². The Morgan fingerprint density at radius 3 is 2.62 bits per heavy atom. The number of carbonyl (C=O) groups is 2. The predicted molar refractivity (Wildman–Crippen MR) is 96.3 cm³/mol. The summed E-state index contributed by atoms with van der Waals surface area (Å²) < 4.78 is 11.2. The minimum absolute atomic E-state index is 0.0404. The van der Waals surface area contributed by atoms with Crippen LogP contribution in [0.25, 0.3) is 0 Å². The molecule has 3 rings (SSSR count). The number of carboxylic acid groups (broad SMARTS) is 1. The van der Waals surface area contributed by atoms with Crippen molar-refractivity contribution in [3.05, 3.63) is 29.8 Å². The Hall–Kier alpha value is -2.08. The van der Waals surface area contributed by atoms with Gasteiger partial charge in [-0.15, -0.1) is 0 Å². The summed E-state index contributed by atoms with van der Waals surface area (Å²) in [5.74, 6) is -0.973. The Balaban J connectivity index is 1.57. The van der Waals surface area contributed by atoms with E-state index in [4.69, 9.17) is 9.47 Å². The van der Waals surface area contributed by atoms with E-state index in [1.807, 2.05) is 6.07 Å². The number of hydrogen-bond acceptors (Lipinski definition) is 4. The van der Waals surface area contributed by atoms with Crippen LogP contribution >= 0.6 is 0 Å². The van der Waals surface area contributed by atoms with E-state index in [2.05, 4.69) is 5.32 Å². The van der Waals surface area contributed by atoms with E-state index in [9.17, 15) is 14.7 Å². The molecule has 1 aromatic rings. The fraction of sp³-hybridized carbons (Fsp3) is 0.600. The highest BCUT2D eigenvalue weighted by Crippen LogP contribution is 2.25. The van der Waals surface area contributed by atoms with Gasteiger partial charge in [0.1, 0.15) is 5.75 Å². The Bertz CT molecular complexity index is 620. The van der Waals surface area contributed by atoms with E-state index in [0.717, 1.165) is 25.7 Å². The lowest BCUT2D eigenvalue weighted by Crippen LogP contribution is -2.39. The number of carbonyl (C=O) groups excluding carboxylic acids is 1. The summed E-state index contributed by atoms with van der Waals surface area (Å²) in [6.07, 6.45) is 6.17. The van der Waals surface area contributed by atoms with Gasteiger partial charge in [-0.3, -0.25) is 9.59 Å². The fourth-order valence-electron chi connectivity index (χ4n) is 3.79. The molecule has 0 radical (unpaired) electrons. The maximum Gasteiger partial charge on any atom is 0.308 e. The molecule has 1 aliphatic carbocycles. The Morgan fingerprint density at radius 1 is 1.19 bits per heavy atom. The first-order valence-electron chi connectivity index (χ1n) is 9.49. The second-order valence-electron chi connectivity index (χ2n) is 7.16. The monoisotopic (exact) mass is 361 g/mol. The predicted octanol–water partition coefficient (Wildman–Crippen LogP) is 2.87. The zero-order chi connectivity index (χ0) is 18.4. The molecule has 1 unspecified atom stereocenters. The van der Waals surface area contributed by atoms with Crippen molar-refractivity contribution < 1.29 is 24.2 Å². The molecule has 142 valence electrons. The maximum atomic E-state index is 12.5. The smallest absolute Gasteiger partial charge is 0.308 e. The van der Waals surface area contributed by atoms with Crippen LogP contribution in [0.2, 0.25) is 0 Å². The van der Waals surface area contributed by atoms with E-state index in [0.29, 0.717) is 24.5 Å². The average Bonchev–Trinajstić information content (AvgIpc) is 3.15. The Kier molecular flexibility index (Phi) is 6.50. The van der Waals surface area contributed by atoms with E-state index >= 15 is 0 Å². The number of amides is 1. The number of ether oxygens (including phenoxy) is 2. The fourth-order valence-corrected chi connectivity index (χ4v) is 3.79. The summed E-state index contributed by atoms with van der Waals surface area (Å²) in [5.41, 5.74) is 0.497. The Labute approximate surface area is 153 Å². The van der Waals surface area contributed by atoms with Crippen molar-refractivity contribution in [3.8, 4) is 5.75 Å². The molecule has 26 heavy (non-hydrogen) atoms. The van der Waals surface area contributed by atoms with Crippen LogP contribution in [0.1, 0.15) is 48.9 Å². The molecule has 1 heterocycles. The first-order valence-corrected chi connectivity index (χ1v) is 9.49. The summed E-state index contributed by atoms with van der Waals surface area (Å²) in [5, 5.41) is 12.3. The molecule has 1 atom stereocenters. The Morgan fingerprint density at radius 2 is 1.92 bits per heavy atom. The van der Waals surface area contributed by atoms with Gasteiger partial charge in [-0.2, -0.15) is 0 Å². The third-order valence-corrected chi connectivity index (χ3v) is 5.34. The van der Waals surface area contributed by atoms with Crippen molar-refractivity contribution in [2.24, 2.45) is 11.8 Å². The molecule has 0 bridgehead atoms. The van der Waals surface area contributed by atoms with Crippen molar-refractivity contribution in [2.45, 2.75) is 44.6 Å². The molecule has 2 N–H and O–H groups in total. The molecule has 0 spiro atoms. The van der Waals surface area contributed by atoms with E-state index in [1.165, 1.54) is 12.8 Å². The van der Waals surface area contributed by atoms with Crippen LogP contribution in [0.5, 0.6) is 5.75 Å². The normalized spacial score (nSPS) is 19.8. The van der Waals surface area contributed by atoms with Crippen LogP contribution in [0, 0.1) is 11.8 Å². The van der Waals surface area contributed by atoms with Crippen LogP contribution in [0.3, 0.4) is 0 Å². The van der Waals surface area contributed by atoms with Gasteiger partial charge >= 0.3 is 5.97 Å². The lowest BCUT2D eigenvalue weighted by atomic mass is 9.86. The molecule has 2 aliphatic rings. The minimum atomic E-state index is -0.865. The van der Waals surface area contributed by atoms with Gasteiger partial charge in [-0.25, -0.2) is 0 Å². The zero-order valence-corrected chi connectivity index (χ0v) is 15.0. The molecule has 1 aliphatic heterocycles. The van der Waals surface area contributed by atoms with Crippen molar-refractivity contribution >= 4 is 11.9 Å². The highest BCUT2D eigenvalue weighted by atomic mass is 16.5. The average molecular weight is 361 g/mol. The first-order chi connectivity index (χ1) is 12.6. The third kappa shape index (κ3) is 4.97. The largest absolute Gasteiger partial charge is 0.490 e. The van der Waals surface area contributed by atoms with Crippen molar-refractivity contribution in [1.82, 2.24) is 5.32 Å². The number of carboxylic acids is 1. The molecule has 6 nitrogen and oxygen atoms in total. The lowest BCUT2D eigenvalue weighted by molar-refractivity contribution is -0.144. The summed E-state index contributed by atoms with van der Waals surface area (Å²) in [6, 6.07) is 7.11. The quantitative estimate of drug-likeness (QED) is 0.780. The summed E-state index contributed by atoms with van der Waals surface area (Å²) >= 11 is 0. The van der Waals surface area contributed by atoms with Gasteiger partial charge in [0, 0.05) is 25.3 Å². The van der Waals surface area contributed by atoms with Crippen LogP contribution < -0.4 is 10.1 Å². The highest BCUT2D eigenvalue weighted by Gasteiger charge is 2.30. The number of benzene rings is 1. The van der Waals surface area contributed by atoms with Gasteiger partial charge < -0.3 is 19.9 Å². The van der Waals surface area contributed by atoms with Gasteiger partial charge in [0.05, 0.1) is 12.0 Å². The van der Waals surface area contributed by atoms with Gasteiger partial charge in [0.15, 0.2) is 0 Å². The second kappa shape index (κ2) is 9.03. The van der Waals surface area contributed by atoms with Gasteiger partial charge in [-0.1, -0.05) is 6.07 Å². The molecule has 0 aromatic heterocycles. The van der Waals surface area contributed by atoms with E-state index in [1.54, 1.807) is 18.2 Å². The highest BCUT2D eigenvalue weighted by molar-refractivity contribution is 5.94. The number of aliphatic carboxylic acids is 1. The third-order valence-electron chi connectivity index (χ3n) is 5.34. The standard InChI is InChI=1S/C20H27NO5/c22-19(21-13-18(20(23)24)14-8-10-25-11-9-14)15-4-3-7-17(12-15)26-16-5-1-2-6-16/h3-4,7,12,14,16,18H,1-2,5-6,8-11,13H2,(H,21,22)(H,23,24). The molecule has 1 saturated heterocycles.